The summed E-state index contributed by atoms with van der Waals surface area (Å²) in [6, 6.07) is 5.61. The molecule has 1 saturated carbocycles. The average molecular weight is 467 g/mol. The van der Waals surface area contributed by atoms with Crippen LogP contribution in [0.5, 0.6) is 5.75 Å². The number of thioether (sulfide) groups is 1. The SMILES string of the molecule is C[C@H]1[C@H](SCCC(=O)Oc2cccc(F)c2)O[C@@H]2O[C@]3(C)CC[C@H]4[C@H](C)CC[C@@H]1[C@@]24OO3. The van der Waals surface area contributed by atoms with E-state index >= 15 is 0 Å². The Morgan fingerprint density at radius 1 is 1.22 bits per heavy atom. The minimum atomic E-state index is -0.790. The smallest absolute Gasteiger partial charge is 0.312 e. The van der Waals surface area contributed by atoms with Gasteiger partial charge in [-0.1, -0.05) is 19.9 Å². The van der Waals surface area contributed by atoms with E-state index in [1.54, 1.807) is 17.8 Å². The fraction of sp³-hybridized carbons (Fsp3) is 0.708. The zero-order chi connectivity index (χ0) is 22.5. The summed E-state index contributed by atoms with van der Waals surface area (Å²) < 4.78 is 31.4. The van der Waals surface area contributed by atoms with E-state index in [-0.39, 0.29) is 35.4 Å². The number of hydrogen-bond acceptors (Lipinski definition) is 7. The average Bonchev–Trinajstić information content (AvgIpc) is 2.97. The lowest BCUT2D eigenvalue weighted by atomic mass is 9.58. The van der Waals surface area contributed by atoms with Crippen LogP contribution in [0.3, 0.4) is 0 Å². The van der Waals surface area contributed by atoms with Crippen molar-refractivity contribution in [2.45, 2.75) is 76.0 Å². The van der Waals surface area contributed by atoms with Gasteiger partial charge in [0.25, 0.3) is 0 Å². The van der Waals surface area contributed by atoms with Crippen LogP contribution in [0.4, 0.5) is 4.39 Å². The Hall–Kier alpha value is -1.19. The molecule has 4 aliphatic heterocycles. The number of carbonyl (C=O) groups excluding carboxylic acids is 1. The summed E-state index contributed by atoms with van der Waals surface area (Å²) in [6.07, 6.45) is 3.73. The van der Waals surface area contributed by atoms with Crippen LogP contribution < -0.4 is 4.74 Å². The molecule has 4 heterocycles. The van der Waals surface area contributed by atoms with Crippen molar-refractivity contribution in [2.24, 2.45) is 23.7 Å². The third-order valence-electron chi connectivity index (χ3n) is 7.71. The predicted octanol–water partition coefficient (Wildman–Crippen LogP) is 5.06. The summed E-state index contributed by atoms with van der Waals surface area (Å²) in [5, 5.41) is 0. The highest BCUT2D eigenvalue weighted by Crippen LogP contribution is 2.61. The van der Waals surface area contributed by atoms with Crippen LogP contribution in [-0.4, -0.2) is 34.8 Å². The number of carbonyl (C=O) groups is 1. The first-order valence-electron chi connectivity index (χ1n) is 11.6. The molecule has 6 nitrogen and oxygen atoms in total. The summed E-state index contributed by atoms with van der Waals surface area (Å²) in [5.41, 5.74) is -0.682. The predicted molar refractivity (Wildman–Crippen MR) is 116 cm³/mol. The standard InChI is InChI=1S/C24H31FO6S/c1-14-7-8-19-15(2)21(32-12-10-20(26)27-17-6-4-5-16(25)13-17)28-22-24(19)18(14)9-11-23(3,29-22)30-31-24/h4-6,13-15,18-19,21-22H,7-12H2,1-3H3/t14-,15-,18+,19+,21+,22-,23+,24-/m1/s1. The van der Waals surface area contributed by atoms with E-state index in [1.165, 1.54) is 18.2 Å². The van der Waals surface area contributed by atoms with E-state index in [9.17, 15) is 9.18 Å². The van der Waals surface area contributed by atoms with Crippen molar-refractivity contribution in [2.75, 3.05) is 5.75 Å². The molecule has 4 saturated heterocycles. The lowest BCUT2D eigenvalue weighted by Crippen LogP contribution is -2.70. The lowest BCUT2D eigenvalue weighted by Gasteiger charge is -2.60. The van der Waals surface area contributed by atoms with Gasteiger partial charge in [-0.3, -0.25) is 4.79 Å². The Balaban J connectivity index is 1.25. The molecule has 0 radical (unpaired) electrons. The molecule has 0 unspecified atom stereocenters. The van der Waals surface area contributed by atoms with Gasteiger partial charge >= 0.3 is 5.97 Å². The molecule has 0 amide bonds. The monoisotopic (exact) mass is 466 g/mol. The van der Waals surface area contributed by atoms with Crippen molar-refractivity contribution < 1.29 is 33.2 Å². The molecule has 1 aromatic rings. The molecule has 5 fully saturated rings. The molecule has 1 aliphatic carbocycles. The van der Waals surface area contributed by atoms with Gasteiger partial charge in [0.1, 0.15) is 17.0 Å². The summed E-state index contributed by atoms with van der Waals surface area (Å²) in [6.45, 7) is 6.42. The lowest BCUT2D eigenvalue weighted by molar-refractivity contribution is -0.568. The van der Waals surface area contributed by atoms with Crippen molar-refractivity contribution in [3.8, 4) is 5.75 Å². The highest BCUT2D eigenvalue weighted by Gasteiger charge is 2.69. The first kappa shape index (κ1) is 22.6. The normalized spacial score (nSPS) is 42.8. The van der Waals surface area contributed by atoms with Crippen molar-refractivity contribution in [1.29, 1.82) is 0 Å². The molecule has 1 aromatic carbocycles. The fourth-order valence-electron chi connectivity index (χ4n) is 6.03. The minimum absolute atomic E-state index is 0.113. The van der Waals surface area contributed by atoms with Crippen molar-refractivity contribution in [3.05, 3.63) is 30.1 Å². The Bertz CT molecular complexity index is 869. The molecular weight excluding hydrogens is 435 g/mol. The van der Waals surface area contributed by atoms with Gasteiger partial charge in [0.15, 0.2) is 11.9 Å². The zero-order valence-corrected chi connectivity index (χ0v) is 19.6. The first-order chi connectivity index (χ1) is 15.3. The summed E-state index contributed by atoms with van der Waals surface area (Å²) in [4.78, 5) is 24.2. The third-order valence-corrected chi connectivity index (χ3v) is 9.02. The van der Waals surface area contributed by atoms with Crippen LogP contribution in [0.15, 0.2) is 24.3 Å². The molecule has 32 heavy (non-hydrogen) atoms. The van der Waals surface area contributed by atoms with E-state index in [0.717, 1.165) is 25.7 Å². The Labute approximate surface area is 192 Å². The fourth-order valence-corrected chi connectivity index (χ4v) is 7.22. The first-order valence-corrected chi connectivity index (χ1v) is 12.6. The van der Waals surface area contributed by atoms with Gasteiger partial charge in [0, 0.05) is 24.2 Å². The quantitative estimate of drug-likeness (QED) is 0.341. The number of rotatable bonds is 5. The molecule has 0 N–H and O–H groups in total. The minimum Gasteiger partial charge on any atom is -0.426 e. The van der Waals surface area contributed by atoms with E-state index in [0.29, 0.717) is 17.6 Å². The third kappa shape index (κ3) is 3.88. The number of benzene rings is 1. The molecule has 2 bridgehead atoms. The molecule has 1 spiro atoms. The zero-order valence-electron chi connectivity index (χ0n) is 18.8. The second-order valence-corrected chi connectivity index (χ2v) is 11.0. The maximum Gasteiger partial charge on any atom is 0.312 e. The highest BCUT2D eigenvalue weighted by molar-refractivity contribution is 7.99. The number of hydrogen-bond donors (Lipinski definition) is 0. The summed E-state index contributed by atoms with van der Waals surface area (Å²) in [7, 11) is 0. The summed E-state index contributed by atoms with van der Waals surface area (Å²) >= 11 is 1.60. The maximum absolute atomic E-state index is 13.3. The number of esters is 1. The Kier molecular flexibility index (Phi) is 6.03. The van der Waals surface area contributed by atoms with E-state index < -0.39 is 23.5 Å². The molecule has 0 aromatic heterocycles. The Morgan fingerprint density at radius 2 is 2.06 bits per heavy atom. The van der Waals surface area contributed by atoms with Gasteiger partial charge in [0.2, 0.25) is 5.79 Å². The summed E-state index contributed by atoms with van der Waals surface area (Å²) in [5.74, 6) is 0.516. The largest absolute Gasteiger partial charge is 0.426 e. The van der Waals surface area contributed by atoms with E-state index in [4.69, 9.17) is 24.0 Å². The molecule has 5 aliphatic rings. The van der Waals surface area contributed by atoms with Crippen molar-refractivity contribution in [3.63, 3.8) is 0 Å². The van der Waals surface area contributed by atoms with Gasteiger partial charge in [-0.25, -0.2) is 14.2 Å². The topological polar surface area (TPSA) is 63.2 Å². The number of halogens is 1. The second kappa shape index (κ2) is 8.55. The van der Waals surface area contributed by atoms with Crippen LogP contribution in [0.2, 0.25) is 0 Å². The van der Waals surface area contributed by atoms with Crippen molar-refractivity contribution in [1.82, 2.24) is 0 Å². The van der Waals surface area contributed by atoms with Crippen LogP contribution in [0.25, 0.3) is 0 Å². The second-order valence-electron chi connectivity index (χ2n) is 9.83. The molecule has 176 valence electrons. The van der Waals surface area contributed by atoms with Crippen molar-refractivity contribution >= 4 is 17.7 Å². The molecule has 6 rings (SSSR count). The molecule has 8 heteroatoms. The van der Waals surface area contributed by atoms with Crippen LogP contribution >= 0.6 is 11.8 Å². The number of fused-ring (bicyclic) bond motifs is 2. The van der Waals surface area contributed by atoms with Crippen LogP contribution in [0, 0.1) is 29.5 Å². The number of ether oxygens (including phenoxy) is 3. The van der Waals surface area contributed by atoms with Crippen LogP contribution in [-0.2, 0) is 24.0 Å². The van der Waals surface area contributed by atoms with Crippen LogP contribution in [0.1, 0.15) is 52.9 Å². The van der Waals surface area contributed by atoms with Gasteiger partial charge in [-0.15, -0.1) is 11.8 Å². The van der Waals surface area contributed by atoms with Gasteiger partial charge in [0.05, 0.1) is 6.42 Å². The van der Waals surface area contributed by atoms with Gasteiger partial charge in [-0.2, -0.15) is 0 Å². The maximum atomic E-state index is 13.3. The van der Waals surface area contributed by atoms with E-state index in [2.05, 4.69) is 13.8 Å². The van der Waals surface area contributed by atoms with Gasteiger partial charge in [-0.05, 0) is 56.1 Å². The molecular formula is C24H31FO6S. The Morgan fingerprint density at radius 3 is 2.88 bits per heavy atom. The van der Waals surface area contributed by atoms with E-state index in [1.807, 2.05) is 6.92 Å². The highest BCUT2D eigenvalue weighted by atomic mass is 32.2. The van der Waals surface area contributed by atoms with Gasteiger partial charge < -0.3 is 14.2 Å². The molecule has 8 atom stereocenters.